The largest absolute Gasteiger partial charge is 0.377 e. The summed E-state index contributed by atoms with van der Waals surface area (Å²) in [6.07, 6.45) is 0.0874. The SMILES string of the molecule is CNCc1cc(Br)c(C)c(S(=O)(=O)NCCOC(C)C)c1. The highest BCUT2D eigenvalue weighted by Crippen LogP contribution is 2.25. The first-order valence-electron chi connectivity index (χ1n) is 6.83. The fraction of sp³-hybridized carbons (Fsp3) is 0.571. The highest BCUT2D eigenvalue weighted by Gasteiger charge is 2.19. The topological polar surface area (TPSA) is 67.4 Å². The second-order valence-electron chi connectivity index (χ2n) is 5.05. The van der Waals surface area contributed by atoms with Gasteiger partial charge in [-0.15, -0.1) is 0 Å². The van der Waals surface area contributed by atoms with E-state index in [-0.39, 0.29) is 12.6 Å². The van der Waals surface area contributed by atoms with Gasteiger partial charge in [0.05, 0.1) is 17.6 Å². The predicted octanol–water partition coefficient (Wildman–Crippen LogP) is 2.18. The zero-order chi connectivity index (χ0) is 16.0. The molecule has 0 radical (unpaired) electrons. The Bertz CT molecular complexity index is 574. The molecule has 0 atom stereocenters. The monoisotopic (exact) mass is 378 g/mol. The molecule has 0 fully saturated rings. The molecule has 0 heterocycles. The molecule has 0 spiro atoms. The summed E-state index contributed by atoms with van der Waals surface area (Å²) < 4.78 is 33.5. The molecular formula is C14H23BrN2O3S. The molecule has 0 unspecified atom stereocenters. The number of hydrogen-bond donors (Lipinski definition) is 2. The molecule has 0 aliphatic rings. The lowest BCUT2D eigenvalue weighted by Crippen LogP contribution is -2.29. The first-order valence-corrected chi connectivity index (χ1v) is 9.10. The van der Waals surface area contributed by atoms with E-state index in [4.69, 9.17) is 4.74 Å². The number of benzene rings is 1. The van der Waals surface area contributed by atoms with Crippen LogP contribution in [0.4, 0.5) is 0 Å². The first-order chi connectivity index (χ1) is 9.77. The summed E-state index contributed by atoms with van der Waals surface area (Å²) in [6, 6.07) is 3.62. The summed E-state index contributed by atoms with van der Waals surface area (Å²) in [5.74, 6) is 0. The minimum atomic E-state index is -3.54. The third-order valence-corrected chi connectivity index (χ3v) is 5.28. The fourth-order valence-electron chi connectivity index (χ4n) is 1.84. The molecule has 7 heteroatoms. The Kier molecular flexibility index (Phi) is 7.29. The van der Waals surface area contributed by atoms with Crippen LogP contribution in [0.15, 0.2) is 21.5 Å². The van der Waals surface area contributed by atoms with Crippen LogP contribution in [0.5, 0.6) is 0 Å². The minimum absolute atomic E-state index is 0.0874. The molecule has 120 valence electrons. The smallest absolute Gasteiger partial charge is 0.240 e. The van der Waals surface area contributed by atoms with Crippen LogP contribution in [0.2, 0.25) is 0 Å². The number of nitrogens with one attached hydrogen (secondary N) is 2. The Morgan fingerprint density at radius 2 is 2.00 bits per heavy atom. The summed E-state index contributed by atoms with van der Waals surface area (Å²) in [5, 5.41) is 3.02. The van der Waals surface area contributed by atoms with E-state index in [1.165, 1.54) is 0 Å². The van der Waals surface area contributed by atoms with Gasteiger partial charge in [0, 0.05) is 17.6 Å². The minimum Gasteiger partial charge on any atom is -0.377 e. The molecule has 0 aliphatic carbocycles. The Morgan fingerprint density at radius 1 is 1.33 bits per heavy atom. The maximum Gasteiger partial charge on any atom is 0.240 e. The molecule has 0 bridgehead atoms. The Morgan fingerprint density at radius 3 is 2.57 bits per heavy atom. The van der Waals surface area contributed by atoms with Crippen LogP contribution in [0.1, 0.15) is 25.0 Å². The maximum absolute atomic E-state index is 12.4. The van der Waals surface area contributed by atoms with Crippen molar-refractivity contribution in [3.63, 3.8) is 0 Å². The second kappa shape index (κ2) is 8.24. The van der Waals surface area contributed by atoms with E-state index in [0.29, 0.717) is 23.6 Å². The standard InChI is InChI=1S/C14H23BrN2O3S/c1-10(2)20-6-5-17-21(18,19)14-8-12(9-16-4)7-13(15)11(14)3/h7-8,10,16-17H,5-6,9H2,1-4H3. The van der Waals surface area contributed by atoms with Gasteiger partial charge in [-0.05, 0) is 51.1 Å². The highest BCUT2D eigenvalue weighted by atomic mass is 79.9. The zero-order valence-electron chi connectivity index (χ0n) is 12.9. The molecule has 0 amide bonds. The number of sulfonamides is 1. The summed E-state index contributed by atoms with van der Waals surface area (Å²) >= 11 is 3.42. The van der Waals surface area contributed by atoms with Gasteiger partial charge < -0.3 is 10.1 Å². The molecule has 0 saturated carbocycles. The molecule has 1 aromatic rings. The van der Waals surface area contributed by atoms with Crippen molar-refractivity contribution in [2.24, 2.45) is 0 Å². The van der Waals surface area contributed by atoms with Gasteiger partial charge in [0.15, 0.2) is 0 Å². The Labute approximate surface area is 135 Å². The van der Waals surface area contributed by atoms with Crippen molar-refractivity contribution in [2.45, 2.75) is 38.3 Å². The van der Waals surface area contributed by atoms with Gasteiger partial charge in [0.1, 0.15) is 0 Å². The van der Waals surface area contributed by atoms with Gasteiger partial charge in [-0.1, -0.05) is 15.9 Å². The molecule has 1 aromatic carbocycles. The van der Waals surface area contributed by atoms with E-state index in [2.05, 4.69) is 26.0 Å². The van der Waals surface area contributed by atoms with Crippen LogP contribution in [0, 0.1) is 6.92 Å². The zero-order valence-corrected chi connectivity index (χ0v) is 15.3. The van der Waals surface area contributed by atoms with Crippen molar-refractivity contribution in [2.75, 3.05) is 20.2 Å². The number of ether oxygens (including phenoxy) is 1. The van der Waals surface area contributed by atoms with Gasteiger partial charge >= 0.3 is 0 Å². The lowest BCUT2D eigenvalue weighted by Gasteiger charge is -2.13. The van der Waals surface area contributed by atoms with Crippen LogP contribution in [0.3, 0.4) is 0 Å². The van der Waals surface area contributed by atoms with Crippen molar-refractivity contribution in [3.8, 4) is 0 Å². The van der Waals surface area contributed by atoms with Gasteiger partial charge in [-0.3, -0.25) is 0 Å². The normalized spacial score (nSPS) is 12.1. The quantitative estimate of drug-likeness (QED) is 0.680. The Hall–Kier alpha value is -0.470. The van der Waals surface area contributed by atoms with Crippen molar-refractivity contribution in [1.29, 1.82) is 0 Å². The Balaban J connectivity index is 2.91. The lowest BCUT2D eigenvalue weighted by atomic mass is 10.1. The highest BCUT2D eigenvalue weighted by molar-refractivity contribution is 9.10. The van der Waals surface area contributed by atoms with Gasteiger partial charge in [0.2, 0.25) is 10.0 Å². The summed E-state index contributed by atoms with van der Waals surface area (Å²) in [7, 11) is -1.72. The fourth-order valence-corrected chi connectivity index (χ4v) is 3.81. The molecule has 0 aliphatic heterocycles. The van der Waals surface area contributed by atoms with Crippen LogP contribution < -0.4 is 10.0 Å². The average Bonchev–Trinajstić information content (AvgIpc) is 2.38. The van der Waals surface area contributed by atoms with Crippen molar-refractivity contribution < 1.29 is 13.2 Å². The van der Waals surface area contributed by atoms with Gasteiger partial charge in [-0.2, -0.15) is 0 Å². The van der Waals surface area contributed by atoms with Gasteiger partial charge in [0.25, 0.3) is 0 Å². The van der Waals surface area contributed by atoms with E-state index >= 15 is 0 Å². The maximum atomic E-state index is 12.4. The molecule has 1 rings (SSSR count). The van der Waals surface area contributed by atoms with Crippen LogP contribution in [0.25, 0.3) is 0 Å². The van der Waals surface area contributed by atoms with Crippen LogP contribution in [-0.2, 0) is 21.3 Å². The van der Waals surface area contributed by atoms with Crippen LogP contribution in [-0.4, -0.2) is 34.7 Å². The van der Waals surface area contributed by atoms with Crippen molar-refractivity contribution >= 4 is 26.0 Å². The van der Waals surface area contributed by atoms with Crippen LogP contribution >= 0.6 is 15.9 Å². The third kappa shape index (κ3) is 5.67. The van der Waals surface area contributed by atoms with E-state index in [9.17, 15) is 8.42 Å². The molecular weight excluding hydrogens is 356 g/mol. The summed E-state index contributed by atoms with van der Waals surface area (Å²) in [6.45, 7) is 6.83. The molecule has 0 saturated heterocycles. The lowest BCUT2D eigenvalue weighted by molar-refractivity contribution is 0.0834. The molecule has 2 N–H and O–H groups in total. The number of halogens is 1. The predicted molar refractivity (Wildman–Crippen MR) is 87.9 cm³/mol. The van der Waals surface area contributed by atoms with Crippen molar-refractivity contribution in [3.05, 3.63) is 27.7 Å². The van der Waals surface area contributed by atoms with Gasteiger partial charge in [-0.25, -0.2) is 13.1 Å². The first kappa shape index (κ1) is 18.6. The summed E-state index contributed by atoms with van der Waals surface area (Å²) in [5.41, 5.74) is 1.61. The van der Waals surface area contributed by atoms with E-state index < -0.39 is 10.0 Å². The second-order valence-corrected chi connectivity index (χ2v) is 7.64. The number of rotatable bonds is 8. The van der Waals surface area contributed by atoms with E-state index in [0.717, 1.165) is 10.0 Å². The molecule has 21 heavy (non-hydrogen) atoms. The molecule has 0 aromatic heterocycles. The average molecular weight is 379 g/mol. The van der Waals surface area contributed by atoms with E-state index in [1.807, 2.05) is 27.0 Å². The molecule has 5 nitrogen and oxygen atoms in total. The van der Waals surface area contributed by atoms with E-state index in [1.54, 1.807) is 13.0 Å². The number of hydrogen-bond acceptors (Lipinski definition) is 4. The van der Waals surface area contributed by atoms with Crippen molar-refractivity contribution in [1.82, 2.24) is 10.0 Å². The summed E-state index contributed by atoms with van der Waals surface area (Å²) in [4.78, 5) is 0.298. The third-order valence-electron chi connectivity index (χ3n) is 2.87.